The van der Waals surface area contributed by atoms with Crippen LogP contribution in [0.3, 0.4) is 0 Å². The summed E-state index contributed by atoms with van der Waals surface area (Å²) in [6.45, 7) is 0. The van der Waals surface area contributed by atoms with Crippen LogP contribution in [0.25, 0.3) is 10.9 Å². The molecule has 25 heavy (non-hydrogen) atoms. The van der Waals surface area contributed by atoms with Crippen molar-refractivity contribution in [3.8, 4) is 5.75 Å². The smallest absolute Gasteiger partial charge is 0.135 e. The number of hydrogen-bond acceptors (Lipinski definition) is 4. The molecule has 1 saturated carbocycles. The first-order valence-electron chi connectivity index (χ1n) is 9.07. The highest BCUT2D eigenvalue weighted by atomic mass is 16.5. The molecule has 0 radical (unpaired) electrons. The van der Waals surface area contributed by atoms with Crippen molar-refractivity contribution in [3.05, 3.63) is 60.4 Å². The Morgan fingerprint density at radius 1 is 0.960 bits per heavy atom. The molecule has 4 heteroatoms. The summed E-state index contributed by atoms with van der Waals surface area (Å²) < 4.78 is 6.46. The number of benzene rings is 1. The molecule has 1 aliphatic heterocycles. The van der Waals surface area contributed by atoms with E-state index >= 15 is 0 Å². The quantitative estimate of drug-likeness (QED) is 0.727. The molecule has 1 aromatic carbocycles. The lowest BCUT2D eigenvalue weighted by Crippen LogP contribution is -2.40. The fourth-order valence-corrected chi connectivity index (χ4v) is 4.36. The third-order valence-electron chi connectivity index (χ3n) is 5.55. The number of ether oxygens (including phenoxy) is 1. The van der Waals surface area contributed by atoms with E-state index in [-0.39, 0.29) is 11.6 Å². The van der Waals surface area contributed by atoms with Crippen LogP contribution in [0.2, 0.25) is 0 Å². The first-order valence-corrected chi connectivity index (χ1v) is 9.07. The maximum atomic E-state index is 6.46. The summed E-state index contributed by atoms with van der Waals surface area (Å²) in [4.78, 5) is 9.04. The highest BCUT2D eigenvalue weighted by Gasteiger charge is 2.43. The molecule has 126 valence electrons. The van der Waals surface area contributed by atoms with Crippen LogP contribution in [-0.2, 0) is 0 Å². The standard InChI is InChI=1S/C21H21N3O/c1-2-8-19-15(6-1)18(14-21(25-19)10-3-4-11-21)24-20-16-7-5-12-22-17(16)9-13-23-20/h1-2,5-9,12-13,18H,3-4,10-11,14H2,(H,23,24). The van der Waals surface area contributed by atoms with Gasteiger partial charge >= 0.3 is 0 Å². The summed E-state index contributed by atoms with van der Waals surface area (Å²) >= 11 is 0. The minimum Gasteiger partial charge on any atom is -0.487 e. The molecule has 2 aliphatic rings. The lowest BCUT2D eigenvalue weighted by atomic mass is 9.86. The van der Waals surface area contributed by atoms with Crippen molar-refractivity contribution < 1.29 is 4.74 Å². The number of anilines is 1. The largest absolute Gasteiger partial charge is 0.487 e. The molecule has 0 bridgehead atoms. The Kier molecular flexibility index (Phi) is 3.37. The van der Waals surface area contributed by atoms with Gasteiger partial charge in [0, 0.05) is 29.8 Å². The third-order valence-corrected chi connectivity index (χ3v) is 5.55. The number of fused-ring (bicyclic) bond motifs is 2. The van der Waals surface area contributed by atoms with Crippen LogP contribution < -0.4 is 10.1 Å². The van der Waals surface area contributed by atoms with Gasteiger partial charge in [0.15, 0.2) is 0 Å². The van der Waals surface area contributed by atoms with Crippen LogP contribution in [-0.4, -0.2) is 15.6 Å². The summed E-state index contributed by atoms with van der Waals surface area (Å²) in [7, 11) is 0. The van der Waals surface area contributed by atoms with Gasteiger partial charge in [-0.1, -0.05) is 18.2 Å². The first-order chi connectivity index (χ1) is 12.3. The predicted molar refractivity (Wildman–Crippen MR) is 98.8 cm³/mol. The molecule has 2 aromatic heterocycles. The topological polar surface area (TPSA) is 47.0 Å². The van der Waals surface area contributed by atoms with Crippen LogP contribution >= 0.6 is 0 Å². The zero-order chi connectivity index (χ0) is 16.7. The maximum Gasteiger partial charge on any atom is 0.135 e. The molecule has 1 aliphatic carbocycles. The second kappa shape index (κ2) is 5.73. The average Bonchev–Trinajstić information content (AvgIpc) is 3.09. The number of pyridine rings is 2. The summed E-state index contributed by atoms with van der Waals surface area (Å²) in [5.74, 6) is 1.92. The van der Waals surface area contributed by atoms with E-state index in [4.69, 9.17) is 4.74 Å². The van der Waals surface area contributed by atoms with Crippen molar-refractivity contribution in [2.75, 3.05) is 5.32 Å². The third kappa shape index (κ3) is 2.53. The van der Waals surface area contributed by atoms with Crippen molar-refractivity contribution in [1.82, 2.24) is 9.97 Å². The summed E-state index contributed by atoms with van der Waals surface area (Å²) in [6, 6.07) is 14.6. The van der Waals surface area contributed by atoms with Crippen LogP contribution in [0.15, 0.2) is 54.9 Å². The average molecular weight is 331 g/mol. The van der Waals surface area contributed by atoms with Crippen LogP contribution in [0.1, 0.15) is 43.7 Å². The Morgan fingerprint density at radius 3 is 2.76 bits per heavy atom. The van der Waals surface area contributed by atoms with Crippen LogP contribution in [0.5, 0.6) is 5.75 Å². The maximum absolute atomic E-state index is 6.46. The molecular formula is C21H21N3O. The van der Waals surface area contributed by atoms with Crippen molar-refractivity contribution >= 4 is 16.7 Å². The van der Waals surface area contributed by atoms with Gasteiger partial charge in [0.05, 0.1) is 11.6 Å². The molecule has 4 nitrogen and oxygen atoms in total. The first kappa shape index (κ1) is 14.7. The summed E-state index contributed by atoms with van der Waals surface area (Å²) in [6.07, 6.45) is 9.44. The van der Waals surface area contributed by atoms with Crippen LogP contribution in [0, 0.1) is 0 Å². The van der Waals surface area contributed by atoms with E-state index in [2.05, 4.69) is 45.6 Å². The van der Waals surface area contributed by atoms with E-state index in [0.717, 1.165) is 41.7 Å². The Balaban J connectivity index is 1.56. The van der Waals surface area contributed by atoms with Gasteiger partial charge in [-0.2, -0.15) is 0 Å². The molecule has 0 saturated heterocycles. The second-order valence-corrected chi connectivity index (χ2v) is 7.16. The Labute approximate surface area is 147 Å². The molecule has 1 unspecified atom stereocenters. The van der Waals surface area contributed by atoms with E-state index in [9.17, 15) is 0 Å². The van der Waals surface area contributed by atoms with E-state index in [1.54, 1.807) is 0 Å². The highest BCUT2D eigenvalue weighted by Crippen LogP contribution is 2.48. The van der Waals surface area contributed by atoms with Crippen molar-refractivity contribution in [1.29, 1.82) is 0 Å². The van der Waals surface area contributed by atoms with Gasteiger partial charge in [0.1, 0.15) is 17.2 Å². The van der Waals surface area contributed by atoms with Gasteiger partial charge in [-0.05, 0) is 49.9 Å². The van der Waals surface area contributed by atoms with Gasteiger partial charge in [-0.3, -0.25) is 4.98 Å². The molecular weight excluding hydrogens is 310 g/mol. The fourth-order valence-electron chi connectivity index (χ4n) is 4.36. The SMILES string of the molecule is c1ccc2c(c1)OC1(CCCC1)CC2Nc1nccc2ncccc12. The monoisotopic (exact) mass is 331 g/mol. The minimum absolute atomic E-state index is 0.0190. The minimum atomic E-state index is -0.0190. The Hall–Kier alpha value is -2.62. The van der Waals surface area contributed by atoms with Gasteiger partial charge in [0.2, 0.25) is 0 Å². The zero-order valence-electron chi connectivity index (χ0n) is 14.1. The van der Waals surface area contributed by atoms with Crippen LogP contribution in [0.4, 0.5) is 5.82 Å². The number of para-hydroxylation sites is 1. The number of aromatic nitrogens is 2. The lowest BCUT2D eigenvalue weighted by molar-refractivity contribution is 0.0453. The second-order valence-electron chi connectivity index (χ2n) is 7.16. The van der Waals surface area contributed by atoms with E-state index in [0.29, 0.717) is 0 Å². The molecule has 3 aromatic rings. The van der Waals surface area contributed by atoms with Crippen molar-refractivity contribution in [2.45, 2.75) is 43.7 Å². The number of rotatable bonds is 2. The van der Waals surface area contributed by atoms with Gasteiger partial charge < -0.3 is 10.1 Å². The molecule has 1 N–H and O–H groups in total. The fraction of sp³-hybridized carbons (Fsp3) is 0.333. The normalized spacial score (nSPS) is 21.0. The summed E-state index contributed by atoms with van der Waals surface area (Å²) in [5, 5.41) is 4.76. The van der Waals surface area contributed by atoms with Gasteiger partial charge in [-0.25, -0.2) is 4.98 Å². The number of hydrogen-bond donors (Lipinski definition) is 1. The molecule has 1 spiro atoms. The van der Waals surface area contributed by atoms with Crippen molar-refractivity contribution in [2.24, 2.45) is 0 Å². The van der Waals surface area contributed by atoms with E-state index in [1.807, 2.05) is 24.5 Å². The molecule has 3 heterocycles. The number of nitrogens with zero attached hydrogens (tertiary/aromatic N) is 2. The Morgan fingerprint density at radius 2 is 1.84 bits per heavy atom. The predicted octanol–water partition coefficient (Wildman–Crippen LogP) is 4.88. The highest BCUT2D eigenvalue weighted by molar-refractivity contribution is 5.88. The van der Waals surface area contributed by atoms with Crippen molar-refractivity contribution in [3.63, 3.8) is 0 Å². The van der Waals surface area contributed by atoms with Gasteiger partial charge in [0.25, 0.3) is 0 Å². The molecule has 1 atom stereocenters. The summed E-state index contributed by atoms with van der Waals surface area (Å²) in [5.41, 5.74) is 2.17. The number of nitrogens with one attached hydrogen (secondary N) is 1. The molecule has 0 amide bonds. The Bertz CT molecular complexity index is 912. The zero-order valence-corrected chi connectivity index (χ0v) is 14.1. The van der Waals surface area contributed by atoms with E-state index in [1.165, 1.54) is 18.4 Å². The molecule has 5 rings (SSSR count). The lowest BCUT2D eigenvalue weighted by Gasteiger charge is -2.40. The molecule has 1 fully saturated rings. The van der Waals surface area contributed by atoms with Gasteiger partial charge in [-0.15, -0.1) is 0 Å². The van der Waals surface area contributed by atoms with E-state index < -0.39 is 0 Å².